The van der Waals surface area contributed by atoms with Crippen LogP contribution in [0.4, 0.5) is 0 Å². The second kappa shape index (κ2) is 7.04. The summed E-state index contributed by atoms with van der Waals surface area (Å²) in [6.45, 7) is 9.47. The van der Waals surface area contributed by atoms with Gasteiger partial charge < -0.3 is 0 Å². The maximum atomic E-state index is 12.3. The number of benzene rings is 1. The molecule has 0 aliphatic rings. The molecule has 0 aliphatic heterocycles. The molecule has 1 N–H and O–H groups in total. The van der Waals surface area contributed by atoms with E-state index in [1.54, 1.807) is 12.1 Å². The lowest BCUT2D eigenvalue weighted by Gasteiger charge is -2.26. The van der Waals surface area contributed by atoms with Crippen LogP contribution in [0.25, 0.3) is 0 Å². The quantitative estimate of drug-likeness (QED) is 0.586. The van der Waals surface area contributed by atoms with Gasteiger partial charge in [0.05, 0.1) is 4.90 Å². The Balaban J connectivity index is 2.69. The third kappa shape index (κ3) is 5.47. The Hall–Kier alpha value is -1.13. The van der Waals surface area contributed by atoms with E-state index in [4.69, 9.17) is 0 Å². The largest absolute Gasteiger partial charge is 0.241 e. The highest BCUT2D eigenvalue weighted by molar-refractivity contribution is 7.89. The summed E-state index contributed by atoms with van der Waals surface area (Å²) >= 11 is 0. The van der Waals surface area contributed by atoms with Crippen LogP contribution in [0.2, 0.25) is 0 Å². The zero-order chi connectivity index (χ0) is 15.2. The molecule has 0 unspecified atom stereocenters. The van der Waals surface area contributed by atoms with Gasteiger partial charge in [-0.3, -0.25) is 0 Å². The van der Waals surface area contributed by atoms with Gasteiger partial charge in [-0.25, -0.2) is 13.1 Å². The zero-order valence-electron chi connectivity index (χ0n) is 12.6. The lowest BCUT2D eigenvalue weighted by Crippen LogP contribution is -2.43. The number of unbranched alkanes of at least 4 members (excludes halogenated alkanes) is 2. The average molecular weight is 295 g/mol. The molecule has 1 rings (SSSR count). The lowest BCUT2D eigenvalue weighted by molar-refractivity contribution is 0.405. The van der Waals surface area contributed by atoms with Gasteiger partial charge in [0.25, 0.3) is 0 Å². The van der Waals surface area contributed by atoms with E-state index in [1.807, 2.05) is 39.0 Å². The third-order valence-electron chi connectivity index (χ3n) is 3.20. The number of allylic oxidation sites excluding steroid dienone is 1. The molecule has 1 aromatic carbocycles. The first-order chi connectivity index (χ1) is 9.27. The molecule has 3 nitrogen and oxygen atoms in total. The van der Waals surface area contributed by atoms with E-state index in [0.29, 0.717) is 4.90 Å². The first-order valence-corrected chi connectivity index (χ1v) is 8.47. The van der Waals surface area contributed by atoms with Crippen LogP contribution in [0.15, 0.2) is 41.8 Å². The van der Waals surface area contributed by atoms with E-state index in [2.05, 4.69) is 11.3 Å². The fourth-order valence-corrected chi connectivity index (χ4v) is 3.49. The Morgan fingerprint density at radius 2 is 1.80 bits per heavy atom. The zero-order valence-corrected chi connectivity index (χ0v) is 13.5. The van der Waals surface area contributed by atoms with Crippen LogP contribution in [-0.4, -0.2) is 14.0 Å². The van der Waals surface area contributed by atoms with Gasteiger partial charge in [-0.2, -0.15) is 0 Å². The maximum absolute atomic E-state index is 12.3. The summed E-state index contributed by atoms with van der Waals surface area (Å²) < 4.78 is 27.4. The Morgan fingerprint density at radius 1 is 1.20 bits per heavy atom. The van der Waals surface area contributed by atoms with Crippen molar-refractivity contribution in [2.75, 3.05) is 0 Å². The van der Waals surface area contributed by atoms with Gasteiger partial charge >= 0.3 is 0 Å². The molecule has 0 bridgehead atoms. The fraction of sp³-hybridized carbons (Fsp3) is 0.500. The number of nitrogens with one attached hydrogen (secondary N) is 1. The maximum Gasteiger partial charge on any atom is 0.241 e. The van der Waals surface area contributed by atoms with Crippen LogP contribution in [-0.2, 0) is 10.0 Å². The molecule has 0 aromatic heterocycles. The first-order valence-electron chi connectivity index (χ1n) is 6.98. The predicted octanol–water partition coefficient (Wildman–Crippen LogP) is 3.80. The van der Waals surface area contributed by atoms with Gasteiger partial charge in [0.2, 0.25) is 10.0 Å². The van der Waals surface area contributed by atoms with Gasteiger partial charge in [-0.05, 0) is 52.2 Å². The standard InChI is InChI=1S/C16H25NO2S/c1-5-6-7-8-13-16(3,4)17-20(18,19)15-11-9-14(2)10-12-15/h5,9-12,17H,1,6-8,13H2,2-4H3. The van der Waals surface area contributed by atoms with E-state index in [-0.39, 0.29) is 0 Å². The molecule has 0 spiro atoms. The average Bonchev–Trinajstić information content (AvgIpc) is 2.34. The van der Waals surface area contributed by atoms with Gasteiger partial charge in [0.1, 0.15) is 0 Å². The van der Waals surface area contributed by atoms with Crippen molar-refractivity contribution < 1.29 is 8.42 Å². The summed E-state index contributed by atoms with van der Waals surface area (Å²) in [6.07, 6.45) is 5.70. The molecule has 0 fully saturated rings. The second-order valence-electron chi connectivity index (χ2n) is 5.84. The SMILES string of the molecule is C=CCCCCC(C)(C)NS(=O)(=O)c1ccc(C)cc1. The van der Waals surface area contributed by atoms with Crippen molar-refractivity contribution in [3.8, 4) is 0 Å². The molecule has 112 valence electrons. The third-order valence-corrected chi connectivity index (χ3v) is 4.92. The molecule has 0 radical (unpaired) electrons. The van der Waals surface area contributed by atoms with E-state index in [1.165, 1.54) is 0 Å². The molecule has 4 heteroatoms. The van der Waals surface area contributed by atoms with E-state index in [0.717, 1.165) is 31.2 Å². The van der Waals surface area contributed by atoms with Crippen LogP contribution < -0.4 is 4.72 Å². The Kier molecular flexibility index (Phi) is 5.96. The number of rotatable bonds is 8. The molecule has 0 amide bonds. The lowest BCUT2D eigenvalue weighted by atomic mass is 9.98. The highest BCUT2D eigenvalue weighted by Gasteiger charge is 2.25. The molecule has 0 saturated heterocycles. The Bertz CT molecular complexity index is 530. The highest BCUT2D eigenvalue weighted by Crippen LogP contribution is 2.19. The van der Waals surface area contributed by atoms with Crippen molar-refractivity contribution in [2.24, 2.45) is 0 Å². The summed E-state index contributed by atoms with van der Waals surface area (Å²) in [5.74, 6) is 0. The van der Waals surface area contributed by atoms with Crippen LogP contribution >= 0.6 is 0 Å². The van der Waals surface area contributed by atoms with Crippen molar-refractivity contribution in [1.82, 2.24) is 4.72 Å². The minimum absolute atomic E-state index is 0.322. The second-order valence-corrected chi connectivity index (χ2v) is 7.52. The van der Waals surface area contributed by atoms with Crippen molar-refractivity contribution in [3.05, 3.63) is 42.5 Å². The summed E-state index contributed by atoms with van der Waals surface area (Å²) in [7, 11) is -3.45. The molecule has 1 aromatic rings. The van der Waals surface area contributed by atoms with Crippen LogP contribution in [0.1, 0.15) is 45.1 Å². The Morgan fingerprint density at radius 3 is 2.35 bits per heavy atom. The van der Waals surface area contributed by atoms with Crippen LogP contribution in [0.3, 0.4) is 0 Å². The molecule has 0 heterocycles. The summed E-state index contributed by atoms with van der Waals surface area (Å²) in [6, 6.07) is 6.91. The molecule has 0 atom stereocenters. The summed E-state index contributed by atoms with van der Waals surface area (Å²) in [5, 5.41) is 0. The number of hydrogen-bond donors (Lipinski definition) is 1. The monoisotopic (exact) mass is 295 g/mol. The van der Waals surface area contributed by atoms with Crippen molar-refractivity contribution in [3.63, 3.8) is 0 Å². The highest BCUT2D eigenvalue weighted by atomic mass is 32.2. The smallest absolute Gasteiger partial charge is 0.207 e. The summed E-state index contributed by atoms with van der Waals surface area (Å²) in [4.78, 5) is 0.322. The van der Waals surface area contributed by atoms with Crippen molar-refractivity contribution in [1.29, 1.82) is 0 Å². The fourth-order valence-electron chi connectivity index (χ4n) is 2.05. The molecule has 0 aliphatic carbocycles. The van der Waals surface area contributed by atoms with Gasteiger partial charge in [0.15, 0.2) is 0 Å². The first kappa shape index (κ1) is 16.9. The normalized spacial score (nSPS) is 12.3. The Labute approximate surface area is 123 Å². The molecular weight excluding hydrogens is 270 g/mol. The minimum atomic E-state index is -3.45. The van der Waals surface area contributed by atoms with Crippen LogP contribution in [0, 0.1) is 6.92 Å². The van der Waals surface area contributed by atoms with Crippen molar-refractivity contribution in [2.45, 2.75) is 56.9 Å². The molecule has 20 heavy (non-hydrogen) atoms. The minimum Gasteiger partial charge on any atom is -0.207 e. The van der Waals surface area contributed by atoms with Gasteiger partial charge in [0, 0.05) is 5.54 Å². The van der Waals surface area contributed by atoms with Crippen LogP contribution in [0.5, 0.6) is 0 Å². The van der Waals surface area contributed by atoms with Gasteiger partial charge in [-0.1, -0.05) is 30.2 Å². The predicted molar refractivity (Wildman–Crippen MR) is 84.2 cm³/mol. The summed E-state index contributed by atoms with van der Waals surface area (Å²) in [5.41, 5.74) is 0.609. The molecule has 0 saturated carbocycles. The van der Waals surface area contributed by atoms with Crippen molar-refractivity contribution >= 4 is 10.0 Å². The molecular formula is C16H25NO2S. The number of aryl methyl sites for hydroxylation is 1. The van der Waals surface area contributed by atoms with E-state index < -0.39 is 15.6 Å². The number of sulfonamides is 1. The van der Waals surface area contributed by atoms with E-state index in [9.17, 15) is 8.42 Å². The topological polar surface area (TPSA) is 46.2 Å². The van der Waals surface area contributed by atoms with E-state index >= 15 is 0 Å². The van der Waals surface area contributed by atoms with Gasteiger partial charge in [-0.15, -0.1) is 6.58 Å². The number of hydrogen-bond acceptors (Lipinski definition) is 2.